The van der Waals surface area contributed by atoms with Gasteiger partial charge in [-0.25, -0.2) is 9.15 Å². The van der Waals surface area contributed by atoms with Crippen LogP contribution >= 0.6 is 0 Å². The van der Waals surface area contributed by atoms with Crippen molar-refractivity contribution in [1.82, 2.24) is 4.57 Å². The Morgan fingerprint density at radius 1 is 1.13 bits per heavy atom. The summed E-state index contributed by atoms with van der Waals surface area (Å²) in [5.41, 5.74) is 9.25. The molecule has 172 valence electrons. The quantitative estimate of drug-likeness (QED) is 0.137. The number of hydrogen-bond donors (Lipinski definition) is 3. The number of carboxylic acids is 2. The number of carbonyl (C=O) groups is 5. The molecule has 0 amide bonds. The normalized spacial score (nSPS) is 7.40. The van der Waals surface area contributed by atoms with Crippen LogP contribution in [0.15, 0.2) is 18.7 Å². The van der Waals surface area contributed by atoms with E-state index in [1.54, 1.807) is 0 Å². The topological polar surface area (TPSA) is 196 Å². The second-order valence-electron chi connectivity index (χ2n) is 4.96. The Bertz CT molecular complexity index is 561. The Balaban J connectivity index is -0.000000102. The standard InChI is InChI=1S/C9H17N4.2C2H4O2.C2H2O2.CH6N2.CH2O/c1-10(2)7-12-5-6-13(9-12)8-11(3)4;2*1-2(3)4;3-1-2-4;2-1-3;1-2/h5-6,9H,1,3,7-8H2,2,4H3;2*1H3,(H,3,4);1-2H;1-3H2;1H2/q+3;;;;;/p-1. The third kappa shape index (κ3) is 64.4. The first-order valence-electron chi connectivity index (χ1n) is 7.90. The number of carboxylic acid groups (broad SMARTS) is 2. The summed E-state index contributed by atoms with van der Waals surface area (Å²) in [7, 11) is 3.88. The molecule has 13 heteroatoms. The van der Waals surface area contributed by atoms with Crippen LogP contribution in [0.1, 0.15) is 13.8 Å². The highest BCUT2D eigenvalue weighted by Crippen LogP contribution is 1.83. The molecule has 0 aromatic carbocycles. The van der Waals surface area contributed by atoms with Gasteiger partial charge in [-0.1, -0.05) is 0 Å². The number of aldehydes is 2. The van der Waals surface area contributed by atoms with E-state index < -0.39 is 11.9 Å². The third-order valence-corrected chi connectivity index (χ3v) is 1.61. The number of nitrogens with two attached hydrogens (primary N) is 2. The lowest BCUT2D eigenvalue weighted by Crippen LogP contribution is -2.36. The summed E-state index contributed by atoms with van der Waals surface area (Å²) in [6, 6.07) is 0. The van der Waals surface area contributed by atoms with E-state index in [2.05, 4.69) is 34.0 Å². The van der Waals surface area contributed by atoms with Gasteiger partial charge >= 0.3 is 0 Å². The van der Waals surface area contributed by atoms with Gasteiger partial charge in [0.1, 0.15) is 46.7 Å². The van der Waals surface area contributed by atoms with Crippen LogP contribution in [0.3, 0.4) is 0 Å². The highest BCUT2D eigenvalue weighted by molar-refractivity contribution is 6.09. The lowest BCUT2D eigenvalue weighted by atomic mass is 10.8. The third-order valence-electron chi connectivity index (χ3n) is 1.61. The van der Waals surface area contributed by atoms with E-state index in [0.717, 1.165) is 27.2 Å². The van der Waals surface area contributed by atoms with Crippen molar-refractivity contribution in [2.24, 2.45) is 11.5 Å². The summed E-state index contributed by atoms with van der Waals surface area (Å²) < 4.78 is 7.88. The van der Waals surface area contributed by atoms with Crippen molar-refractivity contribution in [1.29, 1.82) is 0 Å². The van der Waals surface area contributed by atoms with Crippen LogP contribution in [0.5, 0.6) is 0 Å². The van der Waals surface area contributed by atoms with Gasteiger partial charge in [0.25, 0.3) is 25.6 Å². The Labute approximate surface area is 176 Å². The van der Waals surface area contributed by atoms with E-state index in [-0.39, 0.29) is 19.2 Å². The summed E-state index contributed by atoms with van der Waals surface area (Å²) >= 11 is 0. The molecule has 0 aliphatic carbocycles. The second kappa shape index (κ2) is 30.2. The molecule has 0 bridgehead atoms. The van der Waals surface area contributed by atoms with Gasteiger partial charge < -0.3 is 31.3 Å². The molecule has 0 spiro atoms. The number of hydrogen-bond acceptors (Lipinski definition) is 8. The summed E-state index contributed by atoms with van der Waals surface area (Å²) in [6.07, 6.45) is 6.46. The van der Waals surface area contributed by atoms with Crippen LogP contribution in [0.25, 0.3) is 0 Å². The van der Waals surface area contributed by atoms with Crippen molar-refractivity contribution < 1.29 is 47.9 Å². The molecule has 0 atom stereocenters. The predicted octanol–water partition coefficient (Wildman–Crippen LogP) is -3.72. The fourth-order valence-electron chi connectivity index (χ4n) is 1.16. The fraction of sp³-hybridized carbons (Fsp3) is 0.412. The molecule has 0 aliphatic heterocycles. The van der Waals surface area contributed by atoms with Crippen LogP contribution in [0.2, 0.25) is 0 Å². The molecule has 0 saturated carbocycles. The summed E-state index contributed by atoms with van der Waals surface area (Å²) in [6.45, 7) is 13.5. The minimum absolute atomic E-state index is 0.194. The second-order valence-corrected chi connectivity index (χ2v) is 4.96. The first kappa shape index (κ1) is 37.2. The molecular formula is C17H34N6O7+2. The molecule has 1 aromatic rings. The van der Waals surface area contributed by atoms with E-state index in [9.17, 15) is 0 Å². The van der Waals surface area contributed by atoms with Gasteiger partial charge in [0.05, 0.1) is 0 Å². The first-order valence-corrected chi connectivity index (χ1v) is 7.90. The molecule has 0 saturated heterocycles. The molecule has 13 nitrogen and oxygen atoms in total. The van der Waals surface area contributed by atoms with Gasteiger partial charge in [-0.15, -0.1) is 0 Å². The summed E-state index contributed by atoms with van der Waals surface area (Å²) in [5.74, 6) is -1.92. The Hall–Kier alpha value is -3.58. The van der Waals surface area contributed by atoms with Crippen molar-refractivity contribution in [2.45, 2.75) is 27.2 Å². The zero-order chi connectivity index (χ0) is 25.1. The Morgan fingerprint density at radius 3 is 1.70 bits per heavy atom. The smallest absolute Gasteiger partial charge is 0.300 e. The molecular weight excluding hydrogens is 400 g/mol. The number of aliphatic carboxylic acids is 2. The van der Waals surface area contributed by atoms with Crippen LogP contribution in [-0.4, -0.2) is 84.3 Å². The number of nitrogens with zero attached hydrogens (tertiary/aromatic N) is 4. The van der Waals surface area contributed by atoms with Crippen molar-refractivity contribution in [3.05, 3.63) is 18.7 Å². The number of imidazole rings is 1. The maximum absolute atomic E-state index is 9.00. The number of rotatable bonds is 5. The van der Waals surface area contributed by atoms with Gasteiger partial charge in [-0.3, -0.25) is 14.4 Å². The highest BCUT2D eigenvalue weighted by atomic mass is 16.4. The van der Waals surface area contributed by atoms with Crippen molar-refractivity contribution in [2.75, 3.05) is 20.8 Å². The molecule has 0 unspecified atom stereocenters. The minimum Gasteiger partial charge on any atom is -0.550 e. The zero-order valence-corrected chi connectivity index (χ0v) is 18.0. The fourth-order valence-corrected chi connectivity index (χ4v) is 1.16. The Morgan fingerprint density at radius 2 is 1.47 bits per heavy atom. The van der Waals surface area contributed by atoms with Crippen molar-refractivity contribution in [3.63, 3.8) is 0 Å². The molecule has 5 N–H and O–H groups in total. The minimum atomic E-state index is -1.08. The molecule has 1 rings (SSSR count). The summed E-state index contributed by atoms with van der Waals surface area (Å²) in [4.78, 5) is 43.5. The predicted molar refractivity (Wildman–Crippen MR) is 108 cm³/mol. The molecule has 0 fully saturated rings. The zero-order valence-electron chi connectivity index (χ0n) is 18.0. The maximum atomic E-state index is 9.00. The van der Waals surface area contributed by atoms with Gasteiger partial charge in [-0.05, 0) is 6.92 Å². The lowest BCUT2D eigenvalue weighted by molar-refractivity contribution is -0.839. The van der Waals surface area contributed by atoms with Gasteiger partial charge in [0, 0.05) is 19.6 Å². The van der Waals surface area contributed by atoms with Crippen LogP contribution in [0.4, 0.5) is 0 Å². The van der Waals surface area contributed by atoms with Crippen molar-refractivity contribution >= 4 is 44.7 Å². The molecule has 0 radical (unpaired) electrons. The van der Waals surface area contributed by atoms with E-state index in [1.807, 2.05) is 48.8 Å². The van der Waals surface area contributed by atoms with Crippen LogP contribution < -0.4 is 21.1 Å². The average Bonchev–Trinajstić information content (AvgIpc) is 3.02. The van der Waals surface area contributed by atoms with Gasteiger partial charge in [0.2, 0.25) is 0 Å². The molecule has 1 aromatic heterocycles. The number of aromatic nitrogens is 2. The van der Waals surface area contributed by atoms with Crippen LogP contribution in [-0.2, 0) is 37.3 Å². The number of carbonyl (C=O) groups excluding carboxylic acids is 4. The first-order chi connectivity index (χ1) is 13.9. The van der Waals surface area contributed by atoms with E-state index >= 15 is 0 Å². The van der Waals surface area contributed by atoms with E-state index in [4.69, 9.17) is 34.2 Å². The summed E-state index contributed by atoms with van der Waals surface area (Å²) in [5, 5.41) is 16.3. The highest BCUT2D eigenvalue weighted by Gasteiger charge is 2.07. The van der Waals surface area contributed by atoms with Gasteiger partial charge in [-0.2, -0.15) is 9.13 Å². The molecule has 0 aliphatic rings. The Kier molecular flexibility index (Phi) is 37.4. The average molecular weight is 434 g/mol. The molecule has 1 heterocycles. The van der Waals surface area contributed by atoms with Gasteiger partial charge in [0.15, 0.2) is 12.6 Å². The van der Waals surface area contributed by atoms with Crippen molar-refractivity contribution in [3.8, 4) is 0 Å². The van der Waals surface area contributed by atoms with E-state index in [1.165, 1.54) is 0 Å². The lowest BCUT2D eigenvalue weighted by Gasteiger charge is -1.90. The SMILES string of the molecule is C=O.C=[N+](C)Cn1cc[n+](C[N+](=C)C)c1.CC(=O)O.CC(=O)[O-].NCN.O=CC=O. The molecule has 30 heavy (non-hydrogen) atoms. The monoisotopic (exact) mass is 434 g/mol. The largest absolute Gasteiger partial charge is 0.550 e. The van der Waals surface area contributed by atoms with E-state index in [0.29, 0.717) is 0 Å². The maximum Gasteiger partial charge on any atom is 0.300 e. The van der Waals surface area contributed by atoms with Crippen LogP contribution in [0, 0.1) is 0 Å².